The molecule has 2 rings (SSSR count). The van der Waals surface area contributed by atoms with Crippen LogP contribution in [-0.2, 0) is 16.0 Å². The molecule has 0 saturated carbocycles. The number of rotatable bonds is 2. The Morgan fingerprint density at radius 3 is 2.74 bits per heavy atom. The van der Waals surface area contributed by atoms with Crippen molar-refractivity contribution >= 4 is 5.97 Å². The number of hydrogen-bond donors (Lipinski definition) is 2. The summed E-state index contributed by atoms with van der Waals surface area (Å²) >= 11 is 0. The Bertz CT molecular complexity index is 465. The van der Waals surface area contributed by atoms with Gasteiger partial charge in [-0.15, -0.1) is 0 Å². The second-order valence-corrected chi connectivity index (χ2v) is 5.94. The Kier molecular flexibility index (Phi) is 3.92. The molecule has 1 aliphatic rings. The van der Waals surface area contributed by atoms with E-state index < -0.39 is 5.60 Å². The van der Waals surface area contributed by atoms with E-state index in [1.165, 1.54) is 11.1 Å². The van der Waals surface area contributed by atoms with Gasteiger partial charge in [-0.3, -0.25) is 10.1 Å². The van der Waals surface area contributed by atoms with Crippen molar-refractivity contribution in [1.29, 1.82) is 0 Å². The molecule has 4 nitrogen and oxygen atoms in total. The van der Waals surface area contributed by atoms with Gasteiger partial charge in [0.25, 0.3) is 0 Å². The summed E-state index contributed by atoms with van der Waals surface area (Å²) in [5.41, 5.74) is 7.69. The van der Waals surface area contributed by atoms with Gasteiger partial charge in [-0.1, -0.05) is 24.3 Å². The number of nitrogens with one attached hydrogen (secondary N) is 1. The first kappa shape index (κ1) is 14.0. The number of esters is 1. The van der Waals surface area contributed by atoms with Crippen LogP contribution in [0, 0.1) is 0 Å². The lowest BCUT2D eigenvalue weighted by Crippen LogP contribution is -2.49. The van der Waals surface area contributed by atoms with Crippen molar-refractivity contribution in [2.75, 3.05) is 6.54 Å². The fraction of sp³-hybridized carbons (Fsp3) is 0.533. The standard InChI is InChI=1S/C15H22N2O2/c1-15(2,3)19-14(18)12-8-10-6-4-5-7-11(10)13(9-16)17-12/h4-7,12-13,17H,8-9,16H2,1-3H3/t12?,13-/m1/s1. The van der Waals surface area contributed by atoms with Crippen LogP contribution in [0.1, 0.15) is 37.9 Å². The van der Waals surface area contributed by atoms with Gasteiger partial charge in [0, 0.05) is 12.6 Å². The minimum atomic E-state index is -0.464. The Hall–Kier alpha value is -1.39. The maximum atomic E-state index is 12.2. The molecule has 1 aromatic carbocycles. The van der Waals surface area contributed by atoms with E-state index in [-0.39, 0.29) is 18.1 Å². The number of ether oxygens (including phenoxy) is 1. The second-order valence-electron chi connectivity index (χ2n) is 5.94. The molecule has 1 aromatic rings. The van der Waals surface area contributed by atoms with Gasteiger partial charge >= 0.3 is 5.97 Å². The normalized spacial score (nSPS) is 22.7. The molecule has 0 amide bonds. The molecule has 0 saturated heterocycles. The molecule has 0 aromatic heterocycles. The number of carbonyl (C=O) groups is 1. The molecule has 0 radical (unpaired) electrons. The zero-order chi connectivity index (χ0) is 14.0. The second kappa shape index (κ2) is 5.31. The van der Waals surface area contributed by atoms with E-state index in [4.69, 9.17) is 10.5 Å². The molecule has 1 aliphatic heterocycles. The summed E-state index contributed by atoms with van der Waals surface area (Å²) in [7, 11) is 0. The van der Waals surface area contributed by atoms with Crippen LogP contribution < -0.4 is 11.1 Å². The molecule has 0 bridgehead atoms. The monoisotopic (exact) mass is 262 g/mol. The molecule has 4 heteroatoms. The highest BCUT2D eigenvalue weighted by molar-refractivity contribution is 5.77. The van der Waals surface area contributed by atoms with E-state index in [9.17, 15) is 4.79 Å². The topological polar surface area (TPSA) is 64.3 Å². The molecule has 3 N–H and O–H groups in total. The third-order valence-electron chi connectivity index (χ3n) is 3.18. The van der Waals surface area contributed by atoms with Gasteiger partial charge in [-0.2, -0.15) is 0 Å². The minimum absolute atomic E-state index is 0.0162. The van der Waals surface area contributed by atoms with Crippen molar-refractivity contribution in [2.24, 2.45) is 5.73 Å². The lowest BCUT2D eigenvalue weighted by molar-refractivity contribution is -0.157. The van der Waals surface area contributed by atoms with Gasteiger partial charge in [0.2, 0.25) is 0 Å². The van der Waals surface area contributed by atoms with E-state index in [0.29, 0.717) is 13.0 Å². The smallest absolute Gasteiger partial charge is 0.324 e. The fourth-order valence-corrected chi connectivity index (χ4v) is 2.39. The van der Waals surface area contributed by atoms with Crippen molar-refractivity contribution < 1.29 is 9.53 Å². The Morgan fingerprint density at radius 2 is 2.11 bits per heavy atom. The number of fused-ring (bicyclic) bond motifs is 1. The third kappa shape index (κ3) is 3.33. The van der Waals surface area contributed by atoms with E-state index in [2.05, 4.69) is 17.4 Å². The molecule has 1 unspecified atom stereocenters. The molecule has 0 spiro atoms. The van der Waals surface area contributed by atoms with Crippen LogP contribution in [0.15, 0.2) is 24.3 Å². The van der Waals surface area contributed by atoms with Crippen molar-refractivity contribution in [2.45, 2.75) is 44.9 Å². The molecule has 104 valence electrons. The number of hydrogen-bond acceptors (Lipinski definition) is 4. The van der Waals surface area contributed by atoms with Crippen LogP contribution in [0.25, 0.3) is 0 Å². The molecule has 19 heavy (non-hydrogen) atoms. The predicted octanol–water partition coefficient (Wildman–Crippen LogP) is 1.54. The predicted molar refractivity (Wildman–Crippen MR) is 74.7 cm³/mol. The molecule has 0 fully saturated rings. The third-order valence-corrected chi connectivity index (χ3v) is 3.18. The van der Waals surface area contributed by atoms with E-state index >= 15 is 0 Å². The molecular formula is C15H22N2O2. The summed E-state index contributed by atoms with van der Waals surface area (Å²) in [6, 6.07) is 7.80. The first-order valence-electron chi connectivity index (χ1n) is 6.67. The van der Waals surface area contributed by atoms with Crippen LogP contribution >= 0.6 is 0 Å². The van der Waals surface area contributed by atoms with E-state index in [1.54, 1.807) is 0 Å². The lowest BCUT2D eigenvalue weighted by Gasteiger charge is -2.33. The van der Waals surface area contributed by atoms with Crippen LogP contribution in [0.4, 0.5) is 0 Å². The highest BCUT2D eigenvalue weighted by Crippen LogP contribution is 2.25. The highest BCUT2D eigenvalue weighted by Gasteiger charge is 2.32. The zero-order valence-corrected chi connectivity index (χ0v) is 11.8. The summed E-state index contributed by atoms with van der Waals surface area (Å²) in [5.74, 6) is -0.208. The first-order chi connectivity index (χ1) is 8.90. The summed E-state index contributed by atoms with van der Waals surface area (Å²) in [5, 5.41) is 3.28. The Morgan fingerprint density at radius 1 is 1.42 bits per heavy atom. The van der Waals surface area contributed by atoms with Gasteiger partial charge in [0.05, 0.1) is 0 Å². The van der Waals surface area contributed by atoms with Gasteiger partial charge < -0.3 is 10.5 Å². The van der Waals surface area contributed by atoms with Crippen molar-refractivity contribution in [3.05, 3.63) is 35.4 Å². The number of benzene rings is 1. The molecule has 0 aliphatic carbocycles. The summed E-state index contributed by atoms with van der Waals surface area (Å²) in [6.07, 6.45) is 0.654. The maximum Gasteiger partial charge on any atom is 0.324 e. The fourth-order valence-electron chi connectivity index (χ4n) is 2.39. The largest absolute Gasteiger partial charge is 0.459 e. The number of nitrogens with two attached hydrogens (primary N) is 1. The van der Waals surface area contributed by atoms with Crippen LogP contribution in [-0.4, -0.2) is 24.2 Å². The molecule has 2 atom stereocenters. The summed E-state index contributed by atoms with van der Waals surface area (Å²) in [6.45, 7) is 6.10. The van der Waals surface area contributed by atoms with Crippen LogP contribution in [0.3, 0.4) is 0 Å². The van der Waals surface area contributed by atoms with Crippen molar-refractivity contribution in [3.63, 3.8) is 0 Å². The highest BCUT2D eigenvalue weighted by atomic mass is 16.6. The summed E-state index contributed by atoms with van der Waals surface area (Å²) in [4.78, 5) is 12.2. The van der Waals surface area contributed by atoms with Crippen LogP contribution in [0.5, 0.6) is 0 Å². The van der Waals surface area contributed by atoms with E-state index in [0.717, 1.165) is 0 Å². The van der Waals surface area contributed by atoms with Gasteiger partial charge in [0.1, 0.15) is 11.6 Å². The van der Waals surface area contributed by atoms with Crippen molar-refractivity contribution in [1.82, 2.24) is 5.32 Å². The van der Waals surface area contributed by atoms with Gasteiger partial charge in [-0.25, -0.2) is 0 Å². The maximum absolute atomic E-state index is 12.2. The number of carbonyl (C=O) groups excluding carboxylic acids is 1. The average Bonchev–Trinajstić information content (AvgIpc) is 2.35. The zero-order valence-electron chi connectivity index (χ0n) is 11.8. The first-order valence-corrected chi connectivity index (χ1v) is 6.67. The SMILES string of the molecule is CC(C)(C)OC(=O)C1Cc2ccccc2[C@@H](CN)N1. The quantitative estimate of drug-likeness (QED) is 0.794. The molecular weight excluding hydrogens is 240 g/mol. The minimum Gasteiger partial charge on any atom is -0.459 e. The Labute approximate surface area is 114 Å². The van der Waals surface area contributed by atoms with E-state index in [1.807, 2.05) is 32.9 Å². The summed E-state index contributed by atoms with van der Waals surface area (Å²) < 4.78 is 5.44. The lowest BCUT2D eigenvalue weighted by atomic mass is 9.90. The van der Waals surface area contributed by atoms with Gasteiger partial charge in [-0.05, 0) is 38.3 Å². The average molecular weight is 262 g/mol. The Balaban J connectivity index is 2.17. The van der Waals surface area contributed by atoms with Crippen molar-refractivity contribution in [3.8, 4) is 0 Å². The molecule has 1 heterocycles. The van der Waals surface area contributed by atoms with Gasteiger partial charge in [0.15, 0.2) is 0 Å². The van der Waals surface area contributed by atoms with Crippen LogP contribution in [0.2, 0.25) is 0 Å².